The van der Waals surface area contributed by atoms with Gasteiger partial charge < -0.3 is 20.2 Å². The molecule has 0 radical (unpaired) electrons. The van der Waals surface area contributed by atoms with Gasteiger partial charge in [-0.2, -0.15) is 0 Å². The Balaban J connectivity index is 1.22. The second kappa shape index (κ2) is 9.57. The van der Waals surface area contributed by atoms with E-state index in [2.05, 4.69) is 15.3 Å². The van der Waals surface area contributed by atoms with Crippen molar-refractivity contribution in [2.45, 2.75) is 43.2 Å². The van der Waals surface area contributed by atoms with Crippen LogP contribution in [-0.4, -0.2) is 61.5 Å². The number of piperidine rings is 1. The molecule has 1 spiro atoms. The van der Waals surface area contributed by atoms with Crippen molar-refractivity contribution in [3.63, 3.8) is 0 Å². The summed E-state index contributed by atoms with van der Waals surface area (Å²) in [6.45, 7) is 0.805. The van der Waals surface area contributed by atoms with Crippen molar-refractivity contribution in [1.82, 2.24) is 25.2 Å². The number of pyridine rings is 3. The highest BCUT2D eigenvalue weighted by molar-refractivity contribution is 6.08. The lowest BCUT2D eigenvalue weighted by molar-refractivity contribution is -0.138. The van der Waals surface area contributed by atoms with E-state index in [1.54, 1.807) is 34.6 Å². The molecule has 2 N–H and O–H groups in total. The largest absolute Gasteiger partial charge is 0.465 e. The molecule has 42 heavy (non-hydrogen) atoms. The van der Waals surface area contributed by atoms with Crippen molar-refractivity contribution in [2.24, 2.45) is 0 Å². The fourth-order valence-electron chi connectivity index (χ4n) is 6.59. The van der Waals surface area contributed by atoms with E-state index >= 15 is 0 Å². The summed E-state index contributed by atoms with van der Waals surface area (Å²) in [7, 11) is 0. The average molecular weight is 567 g/mol. The molecule has 1 saturated carbocycles. The highest BCUT2D eigenvalue weighted by Gasteiger charge is 2.57. The van der Waals surface area contributed by atoms with Crippen LogP contribution < -0.4 is 10.2 Å². The molecule has 10 nitrogen and oxygen atoms in total. The number of hydrogen-bond donors (Lipinski definition) is 2. The minimum absolute atomic E-state index is 0.0966. The quantitative estimate of drug-likeness (QED) is 0.373. The Labute approximate surface area is 240 Å². The highest BCUT2D eigenvalue weighted by Crippen LogP contribution is 2.49. The number of likely N-dealkylation sites (tertiary alicyclic amines) is 1. The van der Waals surface area contributed by atoms with Crippen molar-refractivity contribution in [3.05, 3.63) is 84.5 Å². The van der Waals surface area contributed by atoms with Crippen LogP contribution in [0.15, 0.2) is 67.4 Å². The topological polar surface area (TPSA) is 129 Å². The molecule has 212 valence electrons. The van der Waals surface area contributed by atoms with Gasteiger partial charge in [0, 0.05) is 48.2 Å². The summed E-state index contributed by atoms with van der Waals surface area (Å²) in [6, 6.07) is 11.0. The van der Waals surface area contributed by atoms with E-state index in [1.165, 1.54) is 6.07 Å². The van der Waals surface area contributed by atoms with Crippen LogP contribution in [0.5, 0.6) is 0 Å². The van der Waals surface area contributed by atoms with Crippen LogP contribution in [-0.2, 0) is 21.5 Å². The van der Waals surface area contributed by atoms with Gasteiger partial charge in [-0.25, -0.2) is 9.18 Å². The SMILES string of the molecule is O=C(O)NC1(C(=O)N2CCC3(CC2)C(=O)N(Cc2ncc4ccccc4c2-c2cncc(F)c2)c2cnccc23)CC1. The maximum atomic E-state index is 14.3. The average Bonchev–Trinajstić information content (AvgIpc) is 3.74. The molecule has 0 atom stereocenters. The van der Waals surface area contributed by atoms with Crippen molar-refractivity contribution < 1.29 is 23.9 Å². The number of nitrogens with zero attached hydrogens (tertiary/aromatic N) is 5. The maximum Gasteiger partial charge on any atom is 0.405 e. The molecule has 0 bridgehead atoms. The van der Waals surface area contributed by atoms with Crippen molar-refractivity contribution in [2.75, 3.05) is 18.0 Å². The second-order valence-corrected chi connectivity index (χ2v) is 11.2. The van der Waals surface area contributed by atoms with Crippen LogP contribution in [0.4, 0.5) is 14.9 Å². The molecule has 3 amide bonds. The number of fused-ring (bicyclic) bond motifs is 3. The first-order valence-electron chi connectivity index (χ1n) is 13.9. The number of anilines is 1. The number of carbonyl (C=O) groups excluding carboxylic acids is 2. The minimum Gasteiger partial charge on any atom is -0.465 e. The van der Waals surface area contributed by atoms with Crippen LogP contribution in [0.3, 0.4) is 0 Å². The van der Waals surface area contributed by atoms with E-state index < -0.39 is 22.9 Å². The normalized spacial score (nSPS) is 18.3. The number of benzene rings is 1. The second-order valence-electron chi connectivity index (χ2n) is 11.2. The predicted octanol–water partition coefficient (Wildman–Crippen LogP) is 4.04. The third kappa shape index (κ3) is 4.07. The number of aromatic nitrogens is 3. The Morgan fingerprint density at radius 3 is 2.52 bits per heavy atom. The summed E-state index contributed by atoms with van der Waals surface area (Å²) < 4.78 is 14.3. The Kier molecular flexibility index (Phi) is 5.93. The van der Waals surface area contributed by atoms with Crippen LogP contribution in [0.1, 0.15) is 36.9 Å². The summed E-state index contributed by atoms with van der Waals surface area (Å²) in [5.41, 5.74) is 1.53. The van der Waals surface area contributed by atoms with E-state index in [4.69, 9.17) is 4.98 Å². The van der Waals surface area contributed by atoms with E-state index in [0.717, 1.165) is 22.5 Å². The van der Waals surface area contributed by atoms with Gasteiger partial charge in [-0.05, 0) is 48.8 Å². The number of carbonyl (C=O) groups is 3. The lowest BCUT2D eigenvalue weighted by Crippen LogP contribution is -2.55. The van der Waals surface area contributed by atoms with E-state index in [0.29, 0.717) is 61.3 Å². The molecule has 0 unspecified atom stereocenters. The van der Waals surface area contributed by atoms with Crippen LogP contribution in [0.25, 0.3) is 21.9 Å². The van der Waals surface area contributed by atoms with Gasteiger partial charge in [-0.1, -0.05) is 24.3 Å². The zero-order chi connectivity index (χ0) is 29.1. The molecule has 4 aromatic rings. The van der Waals surface area contributed by atoms with Gasteiger partial charge in [-0.3, -0.25) is 24.5 Å². The molecule has 5 heterocycles. The van der Waals surface area contributed by atoms with Crippen LogP contribution >= 0.6 is 0 Å². The molecule has 11 heteroatoms. The van der Waals surface area contributed by atoms with E-state index in [9.17, 15) is 23.9 Å². The molecule has 2 fully saturated rings. The molecule has 1 aliphatic carbocycles. The molecule has 3 aliphatic rings. The van der Waals surface area contributed by atoms with Gasteiger partial charge in [0.15, 0.2) is 0 Å². The smallest absolute Gasteiger partial charge is 0.405 e. The lowest BCUT2D eigenvalue weighted by Gasteiger charge is -2.39. The van der Waals surface area contributed by atoms with Gasteiger partial charge >= 0.3 is 6.09 Å². The Hall–Kier alpha value is -4.93. The Morgan fingerprint density at radius 2 is 1.79 bits per heavy atom. The summed E-state index contributed by atoms with van der Waals surface area (Å²) >= 11 is 0. The third-order valence-electron chi connectivity index (χ3n) is 8.85. The van der Waals surface area contributed by atoms with Crippen molar-refractivity contribution in [3.8, 4) is 11.1 Å². The summed E-state index contributed by atoms with van der Waals surface area (Å²) in [4.78, 5) is 55.3. The monoisotopic (exact) mass is 566 g/mol. The molecule has 7 rings (SSSR count). The van der Waals surface area contributed by atoms with Crippen molar-refractivity contribution >= 4 is 34.4 Å². The minimum atomic E-state index is -1.21. The van der Waals surface area contributed by atoms with Crippen LogP contribution in [0, 0.1) is 5.82 Å². The first kappa shape index (κ1) is 26.0. The Bertz CT molecular complexity index is 1770. The number of nitrogens with one attached hydrogen (secondary N) is 1. The van der Waals surface area contributed by atoms with Crippen LogP contribution in [0.2, 0.25) is 0 Å². The van der Waals surface area contributed by atoms with Gasteiger partial charge in [0.25, 0.3) is 0 Å². The first-order valence-corrected chi connectivity index (χ1v) is 13.9. The van der Waals surface area contributed by atoms with Gasteiger partial charge in [-0.15, -0.1) is 0 Å². The molecular weight excluding hydrogens is 539 g/mol. The maximum absolute atomic E-state index is 14.3. The van der Waals surface area contributed by atoms with Gasteiger partial charge in [0.2, 0.25) is 11.8 Å². The number of halogens is 1. The van der Waals surface area contributed by atoms with Gasteiger partial charge in [0.05, 0.1) is 35.7 Å². The zero-order valence-corrected chi connectivity index (χ0v) is 22.6. The standard InChI is InChI=1S/C31H27FN6O4/c32-21-13-20(14-34-16-21)26-22-4-2-1-3-19(22)15-35-24(26)18-38-25-17-33-10-5-23(25)30(27(38)39)8-11-37(12-9-30)28(40)31(6-7-31)36-29(41)42/h1-5,10,13-17,36H,6-9,11-12,18H2,(H,41,42). The number of carboxylic acid groups (broad SMARTS) is 1. The Morgan fingerprint density at radius 1 is 1.00 bits per heavy atom. The van der Waals surface area contributed by atoms with E-state index in [1.807, 2.05) is 30.3 Å². The molecule has 1 aromatic carbocycles. The van der Waals surface area contributed by atoms with Gasteiger partial charge in [0.1, 0.15) is 11.4 Å². The van der Waals surface area contributed by atoms with E-state index in [-0.39, 0.29) is 18.4 Å². The fraction of sp³-hybridized carbons (Fsp3) is 0.290. The number of hydrogen-bond acceptors (Lipinski definition) is 6. The summed E-state index contributed by atoms with van der Waals surface area (Å²) in [5, 5.41) is 13.3. The molecule has 2 aliphatic heterocycles. The summed E-state index contributed by atoms with van der Waals surface area (Å²) in [5.74, 6) is -0.795. The third-order valence-corrected chi connectivity index (χ3v) is 8.85. The molecule has 3 aromatic heterocycles. The summed E-state index contributed by atoms with van der Waals surface area (Å²) in [6.07, 6.45) is 8.39. The zero-order valence-electron chi connectivity index (χ0n) is 22.6. The lowest BCUT2D eigenvalue weighted by atomic mass is 9.74. The number of amides is 3. The van der Waals surface area contributed by atoms with Crippen molar-refractivity contribution in [1.29, 1.82) is 0 Å². The molecule has 1 saturated heterocycles. The highest BCUT2D eigenvalue weighted by atomic mass is 19.1. The predicted molar refractivity (Wildman–Crippen MR) is 151 cm³/mol. The fourth-order valence-corrected chi connectivity index (χ4v) is 6.59. The molecular formula is C31H27FN6O4. The number of rotatable bonds is 5. The first-order chi connectivity index (χ1) is 20.3.